The molecule has 0 aliphatic carbocycles. The molecule has 1 aromatic rings. The van der Waals surface area contributed by atoms with Gasteiger partial charge >= 0.3 is 0 Å². The SMILES string of the molecule is CCNCc1cc(S(=O)(=O)N2CCCOCC2)c(C)s1. The molecular formula is C13H22N2O3S2. The first kappa shape index (κ1) is 15.9. The van der Waals surface area contributed by atoms with Gasteiger partial charge in [0.15, 0.2) is 0 Å². The molecule has 0 saturated carbocycles. The first-order valence-electron chi connectivity index (χ1n) is 6.93. The molecule has 2 rings (SSSR count). The van der Waals surface area contributed by atoms with Gasteiger partial charge in [-0.1, -0.05) is 6.92 Å². The van der Waals surface area contributed by atoms with Crippen LogP contribution in [0.25, 0.3) is 0 Å². The molecule has 114 valence electrons. The summed E-state index contributed by atoms with van der Waals surface area (Å²) in [7, 11) is -3.38. The Balaban J connectivity index is 2.21. The third-order valence-corrected chi connectivity index (χ3v) is 6.48. The van der Waals surface area contributed by atoms with Gasteiger partial charge in [0.1, 0.15) is 0 Å². The van der Waals surface area contributed by atoms with Crippen LogP contribution in [0.3, 0.4) is 0 Å². The molecule has 0 aromatic carbocycles. The first-order chi connectivity index (χ1) is 9.55. The Morgan fingerprint density at radius 2 is 2.20 bits per heavy atom. The summed E-state index contributed by atoms with van der Waals surface area (Å²) in [6.07, 6.45) is 0.757. The lowest BCUT2D eigenvalue weighted by atomic mass is 10.4. The molecule has 0 unspecified atom stereocenters. The van der Waals surface area contributed by atoms with E-state index in [2.05, 4.69) is 5.32 Å². The van der Waals surface area contributed by atoms with E-state index < -0.39 is 10.0 Å². The molecule has 1 aliphatic rings. The lowest BCUT2D eigenvalue weighted by Crippen LogP contribution is -2.33. The molecule has 0 atom stereocenters. The Morgan fingerprint density at radius 3 is 2.95 bits per heavy atom. The largest absolute Gasteiger partial charge is 0.380 e. The van der Waals surface area contributed by atoms with Gasteiger partial charge in [-0.25, -0.2) is 8.42 Å². The third-order valence-electron chi connectivity index (χ3n) is 3.27. The molecular weight excluding hydrogens is 296 g/mol. The van der Waals surface area contributed by atoms with E-state index in [0.717, 1.165) is 29.3 Å². The minimum atomic E-state index is -3.38. The van der Waals surface area contributed by atoms with Gasteiger partial charge in [0.25, 0.3) is 0 Å². The number of hydrogen-bond acceptors (Lipinski definition) is 5. The highest BCUT2D eigenvalue weighted by molar-refractivity contribution is 7.89. The standard InChI is InChI=1S/C13H22N2O3S2/c1-3-14-10-12-9-13(11(2)19-12)20(16,17)15-5-4-7-18-8-6-15/h9,14H,3-8,10H2,1-2H3. The predicted molar refractivity (Wildman–Crippen MR) is 80.6 cm³/mol. The van der Waals surface area contributed by atoms with Crippen molar-refractivity contribution in [3.05, 3.63) is 15.8 Å². The van der Waals surface area contributed by atoms with Crippen molar-refractivity contribution in [2.75, 3.05) is 32.8 Å². The van der Waals surface area contributed by atoms with Crippen LogP contribution in [0.2, 0.25) is 0 Å². The van der Waals surface area contributed by atoms with Crippen LogP contribution in [-0.4, -0.2) is 45.6 Å². The highest BCUT2D eigenvalue weighted by Crippen LogP contribution is 2.28. The zero-order valence-electron chi connectivity index (χ0n) is 12.0. The van der Waals surface area contributed by atoms with Crippen molar-refractivity contribution < 1.29 is 13.2 Å². The van der Waals surface area contributed by atoms with E-state index in [4.69, 9.17) is 4.74 Å². The first-order valence-corrected chi connectivity index (χ1v) is 9.19. The highest BCUT2D eigenvalue weighted by Gasteiger charge is 2.28. The van der Waals surface area contributed by atoms with E-state index in [1.165, 1.54) is 0 Å². The van der Waals surface area contributed by atoms with Gasteiger partial charge in [0, 0.05) is 36.0 Å². The summed E-state index contributed by atoms with van der Waals surface area (Å²) in [6.45, 7) is 7.62. The molecule has 1 aromatic heterocycles. The number of ether oxygens (including phenoxy) is 1. The number of aryl methyl sites for hydroxylation is 1. The Labute approximate surface area is 125 Å². The Kier molecular flexibility index (Phi) is 5.57. The monoisotopic (exact) mass is 318 g/mol. The molecule has 0 amide bonds. The maximum atomic E-state index is 12.7. The summed E-state index contributed by atoms with van der Waals surface area (Å²) >= 11 is 1.55. The topological polar surface area (TPSA) is 58.6 Å². The molecule has 1 aliphatic heterocycles. The van der Waals surface area contributed by atoms with E-state index in [1.54, 1.807) is 15.6 Å². The smallest absolute Gasteiger partial charge is 0.244 e. The lowest BCUT2D eigenvalue weighted by molar-refractivity contribution is 0.148. The molecule has 2 heterocycles. The Morgan fingerprint density at radius 1 is 1.40 bits per heavy atom. The van der Waals surface area contributed by atoms with Crippen LogP contribution in [0.15, 0.2) is 11.0 Å². The van der Waals surface area contributed by atoms with Crippen LogP contribution < -0.4 is 5.32 Å². The predicted octanol–water partition coefficient (Wildman–Crippen LogP) is 1.58. The van der Waals surface area contributed by atoms with Crippen molar-refractivity contribution in [3.8, 4) is 0 Å². The summed E-state index contributed by atoms with van der Waals surface area (Å²) < 4.78 is 32.3. The average molecular weight is 318 g/mol. The van der Waals surface area contributed by atoms with E-state index in [1.807, 2.05) is 19.9 Å². The fourth-order valence-electron chi connectivity index (χ4n) is 2.22. The van der Waals surface area contributed by atoms with Crippen LogP contribution in [-0.2, 0) is 21.3 Å². The van der Waals surface area contributed by atoms with Crippen molar-refractivity contribution in [2.45, 2.75) is 31.7 Å². The molecule has 0 radical (unpaired) electrons. The van der Waals surface area contributed by atoms with Gasteiger partial charge in [-0.15, -0.1) is 11.3 Å². The van der Waals surface area contributed by atoms with Gasteiger partial charge in [-0.2, -0.15) is 4.31 Å². The number of thiophene rings is 1. The van der Waals surface area contributed by atoms with Crippen LogP contribution in [0, 0.1) is 6.92 Å². The van der Waals surface area contributed by atoms with Crippen molar-refractivity contribution in [1.82, 2.24) is 9.62 Å². The van der Waals surface area contributed by atoms with E-state index in [-0.39, 0.29) is 0 Å². The minimum Gasteiger partial charge on any atom is -0.380 e. The zero-order chi connectivity index (χ0) is 14.6. The molecule has 20 heavy (non-hydrogen) atoms. The van der Waals surface area contributed by atoms with Gasteiger partial charge < -0.3 is 10.1 Å². The molecule has 1 saturated heterocycles. The van der Waals surface area contributed by atoms with Crippen molar-refractivity contribution in [3.63, 3.8) is 0 Å². The third kappa shape index (κ3) is 3.59. The molecule has 1 N–H and O–H groups in total. The van der Waals surface area contributed by atoms with E-state index >= 15 is 0 Å². The highest BCUT2D eigenvalue weighted by atomic mass is 32.2. The quantitative estimate of drug-likeness (QED) is 0.895. The molecule has 7 heteroatoms. The number of hydrogen-bond donors (Lipinski definition) is 1. The average Bonchev–Trinajstić information content (AvgIpc) is 2.65. The van der Waals surface area contributed by atoms with Crippen molar-refractivity contribution in [2.24, 2.45) is 0 Å². The van der Waals surface area contributed by atoms with E-state index in [9.17, 15) is 8.42 Å². The summed E-state index contributed by atoms with van der Waals surface area (Å²) in [6, 6.07) is 1.81. The summed E-state index contributed by atoms with van der Waals surface area (Å²) in [4.78, 5) is 2.38. The fourth-order valence-corrected chi connectivity index (χ4v) is 5.25. The van der Waals surface area contributed by atoms with Gasteiger partial charge in [-0.05, 0) is 26.0 Å². The summed E-state index contributed by atoms with van der Waals surface area (Å²) in [5, 5.41) is 3.23. The second-order valence-corrected chi connectivity index (χ2v) is 8.03. The molecule has 5 nitrogen and oxygen atoms in total. The van der Waals surface area contributed by atoms with Crippen molar-refractivity contribution >= 4 is 21.4 Å². The van der Waals surface area contributed by atoms with Gasteiger partial charge in [0.05, 0.1) is 11.5 Å². The normalized spacial score (nSPS) is 18.1. The van der Waals surface area contributed by atoms with Crippen LogP contribution in [0.4, 0.5) is 0 Å². The van der Waals surface area contributed by atoms with Gasteiger partial charge in [-0.3, -0.25) is 0 Å². The number of sulfonamides is 1. The molecule has 0 bridgehead atoms. The summed E-state index contributed by atoms with van der Waals surface area (Å²) in [5.41, 5.74) is 0. The number of rotatable bonds is 5. The lowest BCUT2D eigenvalue weighted by Gasteiger charge is -2.18. The maximum absolute atomic E-state index is 12.7. The number of nitrogens with one attached hydrogen (secondary N) is 1. The maximum Gasteiger partial charge on any atom is 0.244 e. The van der Waals surface area contributed by atoms with Gasteiger partial charge in [0.2, 0.25) is 10.0 Å². The fraction of sp³-hybridized carbons (Fsp3) is 0.692. The minimum absolute atomic E-state index is 0.445. The van der Waals surface area contributed by atoms with Crippen molar-refractivity contribution in [1.29, 1.82) is 0 Å². The molecule has 0 spiro atoms. The van der Waals surface area contributed by atoms with Crippen LogP contribution in [0.1, 0.15) is 23.1 Å². The second-order valence-electron chi connectivity index (χ2n) is 4.78. The van der Waals surface area contributed by atoms with E-state index in [0.29, 0.717) is 31.2 Å². The Bertz CT molecular complexity index is 532. The zero-order valence-corrected chi connectivity index (χ0v) is 13.6. The summed E-state index contributed by atoms with van der Waals surface area (Å²) in [5.74, 6) is 0. The van der Waals surface area contributed by atoms with Crippen LogP contribution in [0.5, 0.6) is 0 Å². The second kappa shape index (κ2) is 7.00. The van der Waals surface area contributed by atoms with Crippen LogP contribution >= 0.6 is 11.3 Å². The number of nitrogens with zero attached hydrogens (tertiary/aromatic N) is 1. The Hall–Kier alpha value is -0.470. The molecule has 1 fully saturated rings.